The van der Waals surface area contributed by atoms with Crippen molar-refractivity contribution in [2.45, 2.75) is 44.6 Å². The predicted molar refractivity (Wildman–Crippen MR) is 65.7 cm³/mol. The lowest BCUT2D eigenvalue weighted by molar-refractivity contribution is -0.00159. The molecule has 1 atom stereocenters. The average molecular weight is 234 g/mol. The van der Waals surface area contributed by atoms with Gasteiger partial charge in [-0.15, -0.1) is 11.6 Å². The highest BCUT2D eigenvalue weighted by atomic mass is 35.5. The van der Waals surface area contributed by atoms with Gasteiger partial charge in [0.1, 0.15) is 0 Å². The maximum Gasteiger partial charge on any atom is 0.0701 e. The van der Waals surface area contributed by atoms with Crippen LogP contribution in [0.1, 0.15) is 38.5 Å². The van der Waals surface area contributed by atoms with Gasteiger partial charge in [0.2, 0.25) is 0 Å². The summed E-state index contributed by atoms with van der Waals surface area (Å²) >= 11 is 5.64. The van der Waals surface area contributed by atoms with Crippen LogP contribution in [0.2, 0.25) is 0 Å². The molecule has 0 aliphatic carbocycles. The van der Waals surface area contributed by atoms with Gasteiger partial charge in [-0.3, -0.25) is 0 Å². The molecule has 1 aliphatic heterocycles. The Bertz CT molecular complexity index is 149. The van der Waals surface area contributed by atoms with Crippen molar-refractivity contribution >= 4 is 11.6 Å². The molecular weight excluding hydrogens is 210 g/mol. The molecule has 1 fully saturated rings. The summed E-state index contributed by atoms with van der Waals surface area (Å²) in [5.74, 6) is 0.801. The number of hydrogen-bond acceptors (Lipinski definition) is 2. The Labute approximate surface area is 98.9 Å². The van der Waals surface area contributed by atoms with Crippen molar-refractivity contribution in [1.29, 1.82) is 0 Å². The highest BCUT2D eigenvalue weighted by molar-refractivity contribution is 6.17. The van der Waals surface area contributed by atoms with E-state index in [0.717, 1.165) is 25.5 Å². The molecule has 0 aromatic rings. The fraction of sp³-hybridized carbons (Fsp3) is 1.00. The van der Waals surface area contributed by atoms with E-state index in [2.05, 4.69) is 11.9 Å². The van der Waals surface area contributed by atoms with E-state index >= 15 is 0 Å². The first-order valence-corrected chi connectivity index (χ1v) is 6.72. The van der Waals surface area contributed by atoms with Crippen LogP contribution in [0.3, 0.4) is 0 Å². The molecule has 0 aromatic carbocycles. The topological polar surface area (TPSA) is 12.5 Å². The first-order chi connectivity index (χ1) is 7.33. The Balaban J connectivity index is 1.98. The van der Waals surface area contributed by atoms with Gasteiger partial charge in [0.15, 0.2) is 0 Å². The van der Waals surface area contributed by atoms with Gasteiger partial charge in [-0.2, -0.15) is 0 Å². The molecule has 0 spiro atoms. The largest absolute Gasteiger partial charge is 0.377 e. The third kappa shape index (κ3) is 6.39. The molecule has 0 N–H and O–H groups in total. The van der Waals surface area contributed by atoms with Crippen LogP contribution in [0.25, 0.3) is 0 Å². The lowest BCUT2D eigenvalue weighted by Gasteiger charge is -2.27. The van der Waals surface area contributed by atoms with E-state index in [1.807, 2.05) is 0 Å². The molecule has 1 heterocycles. The van der Waals surface area contributed by atoms with Crippen LogP contribution in [0.15, 0.2) is 0 Å². The molecule has 1 unspecified atom stereocenters. The molecule has 0 aromatic heterocycles. The standard InChI is InChI=1S/C12H24ClNO/c1-14(9-5-2-4-8-13)11-12-7-3-6-10-15-12/h12H,2-11H2,1H3. The normalized spacial score (nSPS) is 22.2. The zero-order valence-electron chi connectivity index (χ0n) is 9.88. The first kappa shape index (κ1) is 13.3. The molecular formula is C12H24ClNO. The van der Waals surface area contributed by atoms with Crippen LogP contribution in [0.5, 0.6) is 0 Å². The van der Waals surface area contributed by atoms with Crippen LogP contribution in [-0.4, -0.2) is 43.6 Å². The summed E-state index contributed by atoms with van der Waals surface area (Å²) in [4.78, 5) is 2.39. The smallest absolute Gasteiger partial charge is 0.0701 e. The quantitative estimate of drug-likeness (QED) is 0.495. The van der Waals surface area contributed by atoms with Crippen LogP contribution < -0.4 is 0 Å². The lowest BCUT2D eigenvalue weighted by Crippen LogP contribution is -2.33. The number of unbranched alkanes of at least 4 members (excludes halogenated alkanes) is 2. The summed E-state index contributed by atoms with van der Waals surface area (Å²) in [7, 11) is 2.19. The number of alkyl halides is 1. The van der Waals surface area contributed by atoms with Crippen molar-refractivity contribution in [3.63, 3.8) is 0 Å². The third-order valence-corrected chi connectivity index (χ3v) is 3.23. The van der Waals surface area contributed by atoms with E-state index in [1.54, 1.807) is 0 Å². The van der Waals surface area contributed by atoms with Gasteiger partial charge in [0.05, 0.1) is 6.10 Å². The predicted octanol–water partition coefficient (Wildman–Crippen LogP) is 2.90. The monoisotopic (exact) mass is 233 g/mol. The molecule has 2 nitrogen and oxygen atoms in total. The minimum Gasteiger partial charge on any atom is -0.377 e. The molecule has 15 heavy (non-hydrogen) atoms. The van der Waals surface area contributed by atoms with E-state index in [1.165, 1.54) is 38.6 Å². The number of halogens is 1. The van der Waals surface area contributed by atoms with Crippen LogP contribution >= 0.6 is 11.6 Å². The zero-order chi connectivity index (χ0) is 10.9. The number of likely N-dealkylation sites (N-methyl/N-ethyl adjacent to an activating group) is 1. The molecule has 0 radical (unpaired) electrons. The summed E-state index contributed by atoms with van der Waals surface area (Å²) in [5.41, 5.74) is 0. The highest BCUT2D eigenvalue weighted by Gasteiger charge is 2.15. The molecule has 0 amide bonds. The van der Waals surface area contributed by atoms with Gasteiger partial charge in [-0.25, -0.2) is 0 Å². The minimum atomic E-state index is 0.483. The van der Waals surface area contributed by atoms with E-state index < -0.39 is 0 Å². The molecule has 0 bridgehead atoms. The van der Waals surface area contributed by atoms with E-state index in [0.29, 0.717) is 6.10 Å². The van der Waals surface area contributed by atoms with E-state index in [-0.39, 0.29) is 0 Å². The summed E-state index contributed by atoms with van der Waals surface area (Å²) in [5, 5.41) is 0. The highest BCUT2D eigenvalue weighted by Crippen LogP contribution is 2.13. The Morgan fingerprint density at radius 2 is 2.13 bits per heavy atom. The molecule has 1 aliphatic rings. The Hall–Kier alpha value is 0.210. The lowest BCUT2D eigenvalue weighted by atomic mass is 10.1. The fourth-order valence-electron chi connectivity index (χ4n) is 2.04. The number of hydrogen-bond donors (Lipinski definition) is 0. The van der Waals surface area contributed by atoms with Crippen LogP contribution in [0, 0.1) is 0 Å². The third-order valence-electron chi connectivity index (χ3n) is 2.96. The second kappa shape index (κ2) is 8.37. The number of nitrogens with zero attached hydrogens (tertiary/aromatic N) is 1. The summed E-state index contributed by atoms with van der Waals surface area (Å²) in [6.45, 7) is 3.24. The fourth-order valence-corrected chi connectivity index (χ4v) is 2.23. The maximum absolute atomic E-state index is 5.71. The Morgan fingerprint density at radius 1 is 1.27 bits per heavy atom. The molecule has 1 rings (SSSR count). The molecule has 90 valence electrons. The molecule has 1 saturated heterocycles. The van der Waals surface area contributed by atoms with E-state index in [9.17, 15) is 0 Å². The Kier molecular flexibility index (Phi) is 7.41. The van der Waals surface area contributed by atoms with Gasteiger partial charge >= 0.3 is 0 Å². The van der Waals surface area contributed by atoms with Gasteiger partial charge in [0.25, 0.3) is 0 Å². The molecule has 3 heteroatoms. The Morgan fingerprint density at radius 3 is 2.80 bits per heavy atom. The van der Waals surface area contributed by atoms with Crippen LogP contribution in [0.4, 0.5) is 0 Å². The maximum atomic E-state index is 5.71. The molecule has 0 saturated carbocycles. The van der Waals surface area contributed by atoms with Gasteiger partial charge in [-0.05, 0) is 45.7 Å². The second-order valence-corrected chi connectivity index (χ2v) is 4.88. The summed E-state index contributed by atoms with van der Waals surface area (Å²) in [6, 6.07) is 0. The summed E-state index contributed by atoms with van der Waals surface area (Å²) < 4.78 is 5.71. The number of rotatable bonds is 7. The van der Waals surface area contributed by atoms with Crippen molar-refractivity contribution in [2.75, 3.05) is 32.6 Å². The van der Waals surface area contributed by atoms with Crippen molar-refractivity contribution in [3.05, 3.63) is 0 Å². The van der Waals surface area contributed by atoms with Gasteiger partial charge in [-0.1, -0.05) is 6.42 Å². The second-order valence-electron chi connectivity index (χ2n) is 4.50. The van der Waals surface area contributed by atoms with E-state index in [4.69, 9.17) is 16.3 Å². The van der Waals surface area contributed by atoms with Crippen molar-refractivity contribution in [3.8, 4) is 0 Å². The SMILES string of the molecule is CN(CCCCCCl)CC1CCCCO1. The zero-order valence-corrected chi connectivity index (χ0v) is 10.6. The average Bonchev–Trinajstić information content (AvgIpc) is 2.26. The van der Waals surface area contributed by atoms with Gasteiger partial charge < -0.3 is 9.64 Å². The van der Waals surface area contributed by atoms with Crippen molar-refractivity contribution < 1.29 is 4.74 Å². The number of ether oxygens (including phenoxy) is 1. The van der Waals surface area contributed by atoms with Crippen LogP contribution in [-0.2, 0) is 4.74 Å². The van der Waals surface area contributed by atoms with Crippen molar-refractivity contribution in [1.82, 2.24) is 4.90 Å². The van der Waals surface area contributed by atoms with Crippen molar-refractivity contribution in [2.24, 2.45) is 0 Å². The minimum absolute atomic E-state index is 0.483. The van der Waals surface area contributed by atoms with Gasteiger partial charge in [0, 0.05) is 19.0 Å². The summed E-state index contributed by atoms with van der Waals surface area (Å²) in [6.07, 6.45) is 7.97. The first-order valence-electron chi connectivity index (χ1n) is 6.19.